The first-order valence-electron chi connectivity index (χ1n) is 8.61. The Balaban J connectivity index is 1.93. The van der Waals surface area contributed by atoms with Crippen molar-refractivity contribution < 1.29 is 29.3 Å². The Morgan fingerprint density at radius 3 is 2.80 bits per heavy atom. The zero-order valence-corrected chi connectivity index (χ0v) is 14.6. The molecular weight excluding hydrogens is 326 g/mol. The van der Waals surface area contributed by atoms with Crippen LogP contribution in [-0.4, -0.2) is 70.6 Å². The third-order valence-electron chi connectivity index (χ3n) is 5.62. The van der Waals surface area contributed by atoms with E-state index in [-0.39, 0.29) is 36.7 Å². The number of nitrogens with zero attached hydrogens (tertiary/aromatic N) is 1. The fourth-order valence-electron chi connectivity index (χ4n) is 3.91. The first-order valence-corrected chi connectivity index (χ1v) is 8.61. The van der Waals surface area contributed by atoms with E-state index in [0.717, 1.165) is 6.54 Å². The van der Waals surface area contributed by atoms with Gasteiger partial charge in [-0.25, -0.2) is 9.59 Å². The van der Waals surface area contributed by atoms with E-state index < -0.39 is 23.6 Å². The Morgan fingerprint density at radius 1 is 1.40 bits per heavy atom. The number of aliphatic hydroxyl groups is 2. The number of ether oxygens (including phenoxy) is 2. The molecule has 3 aliphatic rings. The van der Waals surface area contributed by atoms with Crippen LogP contribution in [0.25, 0.3) is 0 Å². The number of esters is 2. The van der Waals surface area contributed by atoms with Crippen molar-refractivity contribution in [2.45, 2.75) is 50.5 Å². The van der Waals surface area contributed by atoms with Gasteiger partial charge in [0.15, 0.2) is 5.60 Å². The van der Waals surface area contributed by atoms with E-state index in [1.54, 1.807) is 13.0 Å². The zero-order valence-electron chi connectivity index (χ0n) is 14.6. The number of hydrogen-bond acceptors (Lipinski definition) is 7. The minimum Gasteiger partial charge on any atom is -0.463 e. The van der Waals surface area contributed by atoms with Crippen molar-refractivity contribution in [1.29, 1.82) is 0 Å². The normalized spacial score (nSPS) is 41.8. The summed E-state index contributed by atoms with van der Waals surface area (Å²) in [5, 5.41) is 20.8. The van der Waals surface area contributed by atoms with Gasteiger partial charge in [0.1, 0.15) is 6.10 Å². The summed E-state index contributed by atoms with van der Waals surface area (Å²) in [5.41, 5.74) is -1.40. The lowest BCUT2D eigenvalue weighted by atomic mass is 9.90. The average Bonchev–Trinajstić information content (AvgIpc) is 3.08. The zero-order chi connectivity index (χ0) is 18.4. The van der Waals surface area contributed by atoms with E-state index in [4.69, 9.17) is 9.47 Å². The number of rotatable bonds is 0. The fourth-order valence-corrected chi connectivity index (χ4v) is 3.91. The second kappa shape index (κ2) is 6.55. The monoisotopic (exact) mass is 351 g/mol. The molecule has 2 N–H and O–H groups in total. The lowest BCUT2D eigenvalue weighted by Crippen LogP contribution is -2.44. The highest BCUT2D eigenvalue weighted by molar-refractivity contribution is 5.90. The Kier molecular flexibility index (Phi) is 4.74. The van der Waals surface area contributed by atoms with Gasteiger partial charge in [-0.2, -0.15) is 0 Å². The molecule has 0 bridgehead atoms. The number of carbonyl (C=O) groups is 2. The van der Waals surface area contributed by atoms with Crippen LogP contribution >= 0.6 is 0 Å². The molecule has 3 fully saturated rings. The molecule has 0 aromatic rings. The highest BCUT2D eigenvalue weighted by atomic mass is 16.6. The molecule has 0 spiro atoms. The lowest BCUT2D eigenvalue weighted by molar-refractivity contribution is -0.164. The van der Waals surface area contributed by atoms with Crippen molar-refractivity contribution in [1.82, 2.24) is 4.90 Å². The molecule has 0 radical (unpaired) electrons. The van der Waals surface area contributed by atoms with E-state index >= 15 is 0 Å². The van der Waals surface area contributed by atoms with E-state index in [0.29, 0.717) is 18.5 Å². The molecule has 3 rings (SSSR count). The van der Waals surface area contributed by atoms with Crippen molar-refractivity contribution in [2.24, 2.45) is 5.92 Å². The van der Waals surface area contributed by atoms with E-state index in [9.17, 15) is 19.8 Å². The summed E-state index contributed by atoms with van der Waals surface area (Å²) in [7, 11) is 0. The maximum Gasteiger partial charge on any atom is 0.342 e. The number of carbonyl (C=O) groups excluding carboxylic acids is 2. The molecule has 0 aromatic heterocycles. The smallest absolute Gasteiger partial charge is 0.342 e. The van der Waals surface area contributed by atoms with Gasteiger partial charge >= 0.3 is 11.9 Å². The van der Waals surface area contributed by atoms with Crippen molar-refractivity contribution in [3.05, 3.63) is 23.8 Å². The molecule has 0 aromatic carbocycles. The maximum absolute atomic E-state index is 12.5. The first-order chi connectivity index (χ1) is 11.8. The van der Waals surface area contributed by atoms with Crippen molar-refractivity contribution in [3.8, 4) is 0 Å². The third-order valence-corrected chi connectivity index (χ3v) is 5.62. The van der Waals surface area contributed by atoms with Gasteiger partial charge < -0.3 is 19.7 Å². The molecule has 0 amide bonds. The van der Waals surface area contributed by atoms with Gasteiger partial charge in [0.2, 0.25) is 0 Å². The predicted octanol–water partition coefficient (Wildman–Crippen LogP) is 0.164. The summed E-state index contributed by atoms with van der Waals surface area (Å²) in [6.45, 7) is 7.90. The van der Waals surface area contributed by atoms with Gasteiger partial charge in [-0.1, -0.05) is 12.7 Å². The summed E-state index contributed by atoms with van der Waals surface area (Å²) >= 11 is 0. The van der Waals surface area contributed by atoms with Gasteiger partial charge in [0, 0.05) is 31.0 Å². The Bertz CT molecular complexity index is 625. The molecule has 0 aliphatic carbocycles. The molecule has 3 saturated heterocycles. The minimum atomic E-state index is -1.91. The Hall–Kier alpha value is -1.70. The molecule has 3 aliphatic heterocycles. The van der Waals surface area contributed by atoms with Crippen LogP contribution in [0.3, 0.4) is 0 Å². The van der Waals surface area contributed by atoms with Crippen LogP contribution in [-0.2, 0) is 19.1 Å². The van der Waals surface area contributed by atoms with Gasteiger partial charge in [-0.3, -0.25) is 4.90 Å². The Labute approximate surface area is 146 Å². The van der Waals surface area contributed by atoms with E-state index in [2.05, 4.69) is 11.5 Å². The van der Waals surface area contributed by atoms with Crippen LogP contribution in [0, 0.1) is 5.92 Å². The molecule has 0 saturated carbocycles. The van der Waals surface area contributed by atoms with Gasteiger partial charge in [-0.15, -0.1) is 0 Å². The van der Waals surface area contributed by atoms with Crippen LogP contribution in [0.5, 0.6) is 0 Å². The van der Waals surface area contributed by atoms with Crippen LogP contribution in [0.15, 0.2) is 23.8 Å². The molecule has 7 heteroatoms. The average molecular weight is 351 g/mol. The molecule has 0 unspecified atom stereocenters. The highest BCUT2D eigenvalue weighted by Gasteiger charge is 2.51. The second-order valence-corrected chi connectivity index (χ2v) is 7.21. The SMILES string of the molecule is C=C1CC(=CC)C(=O)O[C@@H]2CCN3C[C@H](O)[C@@H](COC(=O)[C@]1(C)O)[C@@H]23. The molecule has 7 nitrogen and oxygen atoms in total. The summed E-state index contributed by atoms with van der Waals surface area (Å²) in [5.74, 6) is -1.65. The Morgan fingerprint density at radius 2 is 2.12 bits per heavy atom. The first kappa shape index (κ1) is 18.1. The lowest BCUT2D eigenvalue weighted by Gasteiger charge is -2.30. The van der Waals surface area contributed by atoms with Gasteiger partial charge in [0.25, 0.3) is 0 Å². The molecular formula is C18H25NO6. The van der Waals surface area contributed by atoms with Crippen molar-refractivity contribution >= 4 is 11.9 Å². The molecule has 138 valence electrons. The highest BCUT2D eigenvalue weighted by Crippen LogP contribution is 2.37. The quantitative estimate of drug-likeness (QED) is 0.365. The standard InChI is InChI=1S/C18H25NO6/c1-4-11-7-10(2)18(3,23)17(22)24-9-12-13(20)8-19-6-5-14(15(12)19)25-16(11)21/h4,12-15,20,23H,2,5-9H2,1,3H3/t12-,13+,14-,15+,18-/m1/s1. The maximum atomic E-state index is 12.5. The summed E-state index contributed by atoms with van der Waals surface area (Å²) in [4.78, 5) is 27.0. The number of cyclic esters (lactones) is 1. The number of allylic oxidation sites excluding steroid dienone is 1. The van der Waals surface area contributed by atoms with E-state index in [1.165, 1.54) is 6.92 Å². The third kappa shape index (κ3) is 3.12. The number of hydrogen-bond donors (Lipinski definition) is 2. The van der Waals surface area contributed by atoms with Crippen LogP contribution in [0.4, 0.5) is 0 Å². The van der Waals surface area contributed by atoms with Gasteiger partial charge in [-0.05, 0) is 25.8 Å². The second-order valence-electron chi connectivity index (χ2n) is 7.21. The van der Waals surface area contributed by atoms with Crippen molar-refractivity contribution in [3.63, 3.8) is 0 Å². The summed E-state index contributed by atoms with van der Waals surface area (Å²) < 4.78 is 11.0. The summed E-state index contributed by atoms with van der Waals surface area (Å²) in [6, 6.07) is -0.183. The predicted molar refractivity (Wildman–Crippen MR) is 88.5 cm³/mol. The van der Waals surface area contributed by atoms with Gasteiger partial charge in [0.05, 0.1) is 18.8 Å². The van der Waals surface area contributed by atoms with Crippen LogP contribution in [0.2, 0.25) is 0 Å². The largest absolute Gasteiger partial charge is 0.463 e. The van der Waals surface area contributed by atoms with Crippen molar-refractivity contribution in [2.75, 3.05) is 19.7 Å². The molecule has 5 atom stereocenters. The fraction of sp³-hybridized carbons (Fsp3) is 0.667. The van der Waals surface area contributed by atoms with Crippen LogP contribution < -0.4 is 0 Å². The molecule has 3 heterocycles. The molecule has 25 heavy (non-hydrogen) atoms. The topological polar surface area (TPSA) is 96.3 Å². The number of aliphatic hydroxyl groups excluding tert-OH is 1. The summed E-state index contributed by atoms with van der Waals surface area (Å²) in [6.07, 6.45) is 1.30. The van der Waals surface area contributed by atoms with E-state index in [1.807, 2.05) is 0 Å². The van der Waals surface area contributed by atoms with Crippen LogP contribution in [0.1, 0.15) is 26.7 Å². The minimum absolute atomic E-state index is 0.0323.